The van der Waals surface area contributed by atoms with Gasteiger partial charge in [0.25, 0.3) is 5.91 Å². The first-order valence-electron chi connectivity index (χ1n) is 8.13. The maximum Gasteiger partial charge on any atom is 0.290 e. The van der Waals surface area contributed by atoms with Crippen LogP contribution in [0.2, 0.25) is 0 Å². The monoisotopic (exact) mass is 343 g/mol. The fourth-order valence-corrected chi connectivity index (χ4v) is 3.01. The second-order valence-corrected chi connectivity index (χ2v) is 5.84. The number of hydrogen-bond donors (Lipinski definition) is 1. The Morgan fingerprint density at radius 3 is 2.68 bits per heavy atom. The third-order valence-corrected chi connectivity index (χ3v) is 4.25. The average molecular weight is 343 g/mol. The molecule has 0 saturated heterocycles. The summed E-state index contributed by atoms with van der Waals surface area (Å²) in [6, 6.07) is 7.95. The number of unbranched alkanes of at least 4 members (excludes halogenated alkanes) is 1. The maximum absolute atomic E-state index is 14.4. The zero-order valence-electron chi connectivity index (χ0n) is 13.7. The molecule has 0 fully saturated rings. The minimum absolute atomic E-state index is 0.00645. The highest BCUT2D eigenvalue weighted by atomic mass is 19.1. The predicted octanol–water partition coefficient (Wildman–Crippen LogP) is 3.80. The van der Waals surface area contributed by atoms with E-state index in [9.17, 15) is 19.1 Å². The largest absolute Gasteiger partial charge is 0.503 e. The van der Waals surface area contributed by atoms with Crippen LogP contribution < -0.4 is 0 Å². The molecule has 1 atom stereocenters. The summed E-state index contributed by atoms with van der Waals surface area (Å²) >= 11 is 0. The van der Waals surface area contributed by atoms with E-state index in [-0.39, 0.29) is 16.9 Å². The van der Waals surface area contributed by atoms with Gasteiger partial charge in [-0.3, -0.25) is 9.59 Å². The van der Waals surface area contributed by atoms with E-state index in [0.29, 0.717) is 13.0 Å². The number of halogens is 1. The van der Waals surface area contributed by atoms with Crippen molar-refractivity contribution in [1.29, 1.82) is 0 Å². The molecule has 2 aromatic rings. The van der Waals surface area contributed by atoms with Crippen LogP contribution in [0.3, 0.4) is 0 Å². The molecular weight excluding hydrogens is 325 g/mol. The maximum atomic E-state index is 14.4. The first kappa shape index (κ1) is 17.0. The lowest BCUT2D eigenvalue weighted by Gasteiger charge is -2.26. The van der Waals surface area contributed by atoms with Gasteiger partial charge in [0.05, 0.1) is 17.9 Å². The minimum Gasteiger partial charge on any atom is -0.503 e. The molecule has 1 aromatic carbocycles. The lowest BCUT2D eigenvalue weighted by Crippen LogP contribution is -2.32. The molecule has 1 aliphatic rings. The molecule has 130 valence electrons. The van der Waals surface area contributed by atoms with E-state index in [1.807, 2.05) is 6.92 Å². The normalized spacial score (nSPS) is 17.4. The SMILES string of the molecule is CCCCN1C(=O)C(O)=C(C(=O)c2ccco2)C1c1ccccc1F. The van der Waals surface area contributed by atoms with Gasteiger partial charge in [-0.1, -0.05) is 31.5 Å². The van der Waals surface area contributed by atoms with Crippen molar-refractivity contribution in [3.05, 3.63) is 71.1 Å². The van der Waals surface area contributed by atoms with Crippen LogP contribution in [0, 0.1) is 5.82 Å². The molecule has 1 unspecified atom stereocenters. The Bertz CT molecular complexity index is 826. The van der Waals surface area contributed by atoms with Gasteiger partial charge in [-0.2, -0.15) is 0 Å². The number of furan rings is 1. The number of carbonyl (C=O) groups is 2. The highest BCUT2D eigenvalue weighted by Gasteiger charge is 2.44. The fourth-order valence-electron chi connectivity index (χ4n) is 3.01. The number of rotatable bonds is 6. The van der Waals surface area contributed by atoms with Crippen LogP contribution in [0.15, 0.2) is 58.4 Å². The predicted molar refractivity (Wildman–Crippen MR) is 88.5 cm³/mol. The highest BCUT2D eigenvalue weighted by Crippen LogP contribution is 2.40. The van der Waals surface area contributed by atoms with Crippen molar-refractivity contribution in [2.75, 3.05) is 6.54 Å². The van der Waals surface area contributed by atoms with Gasteiger partial charge in [-0.05, 0) is 24.6 Å². The molecule has 1 amide bonds. The summed E-state index contributed by atoms with van der Waals surface area (Å²) in [5, 5.41) is 10.3. The van der Waals surface area contributed by atoms with Crippen molar-refractivity contribution >= 4 is 11.7 Å². The lowest BCUT2D eigenvalue weighted by molar-refractivity contribution is -0.129. The van der Waals surface area contributed by atoms with Crippen LogP contribution in [-0.4, -0.2) is 28.2 Å². The van der Waals surface area contributed by atoms with Gasteiger partial charge in [0.15, 0.2) is 11.5 Å². The quantitative estimate of drug-likeness (QED) is 0.810. The molecule has 1 aromatic heterocycles. The molecule has 6 heteroatoms. The molecule has 1 aliphatic heterocycles. The van der Waals surface area contributed by atoms with Gasteiger partial charge in [-0.15, -0.1) is 0 Å². The van der Waals surface area contributed by atoms with E-state index < -0.39 is 29.3 Å². The molecule has 0 radical (unpaired) electrons. The summed E-state index contributed by atoms with van der Waals surface area (Å²) in [7, 11) is 0. The Morgan fingerprint density at radius 1 is 1.28 bits per heavy atom. The molecule has 25 heavy (non-hydrogen) atoms. The number of hydrogen-bond acceptors (Lipinski definition) is 4. The fraction of sp³-hybridized carbons (Fsp3) is 0.263. The summed E-state index contributed by atoms with van der Waals surface area (Å²) in [6.45, 7) is 2.27. The second kappa shape index (κ2) is 6.93. The minimum atomic E-state index is -0.974. The Morgan fingerprint density at radius 2 is 2.04 bits per heavy atom. The van der Waals surface area contributed by atoms with Crippen molar-refractivity contribution in [1.82, 2.24) is 4.90 Å². The molecule has 0 aliphatic carbocycles. The van der Waals surface area contributed by atoms with Gasteiger partial charge >= 0.3 is 0 Å². The topological polar surface area (TPSA) is 70.8 Å². The molecule has 0 saturated carbocycles. The van der Waals surface area contributed by atoms with E-state index in [1.54, 1.807) is 6.07 Å². The summed E-state index contributed by atoms with van der Waals surface area (Å²) in [4.78, 5) is 26.6. The van der Waals surface area contributed by atoms with Gasteiger partial charge < -0.3 is 14.4 Å². The van der Waals surface area contributed by atoms with Crippen molar-refractivity contribution in [3.8, 4) is 0 Å². The summed E-state index contributed by atoms with van der Waals surface area (Å²) in [5.41, 5.74) is 0.0204. The van der Waals surface area contributed by atoms with Crippen LogP contribution in [0.25, 0.3) is 0 Å². The van der Waals surface area contributed by atoms with Crippen molar-refractivity contribution in [3.63, 3.8) is 0 Å². The van der Waals surface area contributed by atoms with E-state index in [0.717, 1.165) is 6.42 Å². The lowest BCUT2D eigenvalue weighted by atomic mass is 9.94. The Balaban J connectivity index is 2.10. The van der Waals surface area contributed by atoms with Crippen molar-refractivity contribution in [2.45, 2.75) is 25.8 Å². The van der Waals surface area contributed by atoms with Crippen LogP contribution >= 0.6 is 0 Å². The second-order valence-electron chi connectivity index (χ2n) is 5.84. The number of carbonyl (C=O) groups excluding carboxylic acids is 2. The molecule has 5 nitrogen and oxygen atoms in total. The smallest absolute Gasteiger partial charge is 0.290 e. The highest BCUT2D eigenvalue weighted by molar-refractivity contribution is 6.15. The Kier molecular flexibility index (Phi) is 4.70. The van der Waals surface area contributed by atoms with Gasteiger partial charge in [-0.25, -0.2) is 4.39 Å². The molecule has 2 heterocycles. The number of amides is 1. The first-order chi connectivity index (χ1) is 12.1. The van der Waals surface area contributed by atoms with E-state index >= 15 is 0 Å². The molecular formula is C19H18FNO4. The van der Waals surface area contributed by atoms with E-state index in [1.165, 1.54) is 41.5 Å². The third-order valence-electron chi connectivity index (χ3n) is 4.25. The van der Waals surface area contributed by atoms with Crippen LogP contribution in [0.5, 0.6) is 0 Å². The van der Waals surface area contributed by atoms with E-state index in [2.05, 4.69) is 0 Å². The number of aliphatic hydroxyl groups is 1. The average Bonchev–Trinajstić information content (AvgIpc) is 3.22. The number of Topliss-reactive ketones (excluding diaryl/α,β-unsaturated/α-hetero) is 1. The summed E-state index contributed by atoms with van der Waals surface area (Å²) < 4.78 is 19.5. The standard InChI is InChI=1S/C19H18FNO4/c1-2-3-10-21-16(12-7-4-5-8-13(12)20)15(18(23)19(21)24)17(22)14-9-6-11-25-14/h4-9,11,16,23H,2-3,10H2,1H3. The van der Waals surface area contributed by atoms with Gasteiger partial charge in [0, 0.05) is 12.1 Å². The van der Waals surface area contributed by atoms with Crippen LogP contribution in [0.1, 0.15) is 41.9 Å². The zero-order valence-corrected chi connectivity index (χ0v) is 13.7. The Labute approximate surface area is 144 Å². The number of nitrogens with zero attached hydrogens (tertiary/aromatic N) is 1. The zero-order chi connectivity index (χ0) is 18.0. The number of benzene rings is 1. The molecule has 0 spiro atoms. The number of ketones is 1. The van der Waals surface area contributed by atoms with Crippen molar-refractivity contribution < 1.29 is 23.5 Å². The number of aliphatic hydroxyl groups excluding tert-OH is 1. The van der Waals surface area contributed by atoms with Crippen molar-refractivity contribution in [2.24, 2.45) is 0 Å². The summed E-state index contributed by atoms with van der Waals surface area (Å²) in [5.74, 6) is -2.49. The summed E-state index contributed by atoms with van der Waals surface area (Å²) in [6.07, 6.45) is 2.82. The molecule has 3 rings (SSSR count). The molecule has 1 N–H and O–H groups in total. The first-order valence-corrected chi connectivity index (χ1v) is 8.13. The van der Waals surface area contributed by atoms with E-state index in [4.69, 9.17) is 4.42 Å². The van der Waals surface area contributed by atoms with Crippen LogP contribution in [0.4, 0.5) is 4.39 Å². The van der Waals surface area contributed by atoms with Gasteiger partial charge in [0.1, 0.15) is 5.82 Å². The Hall–Kier alpha value is -2.89. The molecule has 0 bridgehead atoms. The third kappa shape index (κ3) is 2.95. The van der Waals surface area contributed by atoms with Gasteiger partial charge in [0.2, 0.25) is 5.78 Å². The van der Waals surface area contributed by atoms with Crippen LogP contribution in [-0.2, 0) is 4.79 Å².